The van der Waals surface area contributed by atoms with Gasteiger partial charge in [-0.25, -0.2) is 0 Å². The summed E-state index contributed by atoms with van der Waals surface area (Å²) in [5, 5.41) is 4.13. The third kappa shape index (κ3) is 3.20. The fourth-order valence-corrected chi connectivity index (χ4v) is 1.30. The first-order valence-electron chi connectivity index (χ1n) is 5.15. The zero-order valence-electron chi connectivity index (χ0n) is 8.88. The first-order valence-corrected chi connectivity index (χ1v) is 5.15. The molecular weight excluding hydrogens is 198 g/mol. The number of aromatic nitrogens is 1. The molecular formula is C13H13N3. The SMILES string of the molecule is C(=NNCc1ccccc1)c1ccncc1. The van der Waals surface area contributed by atoms with Gasteiger partial charge in [0.25, 0.3) is 0 Å². The van der Waals surface area contributed by atoms with Crippen LogP contribution in [0.15, 0.2) is 60.0 Å². The van der Waals surface area contributed by atoms with Gasteiger partial charge in [-0.3, -0.25) is 4.98 Å². The summed E-state index contributed by atoms with van der Waals surface area (Å²) in [6.07, 6.45) is 5.28. The molecule has 2 aromatic rings. The van der Waals surface area contributed by atoms with Gasteiger partial charge in [0.1, 0.15) is 0 Å². The van der Waals surface area contributed by atoms with Crippen LogP contribution in [0, 0.1) is 0 Å². The monoisotopic (exact) mass is 211 g/mol. The van der Waals surface area contributed by atoms with Gasteiger partial charge in [0.2, 0.25) is 0 Å². The predicted octanol–water partition coefficient (Wildman–Crippen LogP) is 2.21. The van der Waals surface area contributed by atoms with Crippen molar-refractivity contribution >= 4 is 6.21 Å². The van der Waals surface area contributed by atoms with E-state index in [9.17, 15) is 0 Å². The van der Waals surface area contributed by atoms with Crippen molar-refractivity contribution in [3.63, 3.8) is 0 Å². The summed E-state index contributed by atoms with van der Waals surface area (Å²) in [6, 6.07) is 14.0. The number of pyridine rings is 1. The summed E-state index contributed by atoms with van der Waals surface area (Å²) in [5.41, 5.74) is 5.25. The Kier molecular flexibility index (Phi) is 3.66. The highest BCUT2D eigenvalue weighted by Gasteiger charge is 1.87. The average Bonchev–Trinajstić information content (AvgIpc) is 2.37. The molecule has 0 aliphatic rings. The van der Waals surface area contributed by atoms with Crippen LogP contribution in [0.1, 0.15) is 11.1 Å². The van der Waals surface area contributed by atoms with Gasteiger partial charge < -0.3 is 5.43 Å². The third-order valence-electron chi connectivity index (χ3n) is 2.14. The highest BCUT2D eigenvalue weighted by molar-refractivity contribution is 5.78. The number of nitrogens with one attached hydrogen (secondary N) is 1. The maximum Gasteiger partial charge on any atom is 0.0580 e. The van der Waals surface area contributed by atoms with Crippen LogP contribution in [0.25, 0.3) is 0 Å². The zero-order chi connectivity index (χ0) is 11.1. The van der Waals surface area contributed by atoms with E-state index in [4.69, 9.17) is 0 Å². The van der Waals surface area contributed by atoms with Crippen molar-refractivity contribution in [3.8, 4) is 0 Å². The van der Waals surface area contributed by atoms with Crippen LogP contribution in [-0.4, -0.2) is 11.2 Å². The van der Waals surface area contributed by atoms with Gasteiger partial charge in [0, 0.05) is 12.4 Å². The lowest BCUT2D eigenvalue weighted by molar-refractivity contribution is 0.748. The first-order chi connectivity index (χ1) is 7.95. The quantitative estimate of drug-likeness (QED) is 0.622. The average molecular weight is 211 g/mol. The van der Waals surface area contributed by atoms with Gasteiger partial charge in [0.05, 0.1) is 12.8 Å². The maximum atomic E-state index is 4.13. The Morgan fingerprint density at radius 2 is 1.81 bits per heavy atom. The highest BCUT2D eigenvalue weighted by Crippen LogP contribution is 1.97. The van der Waals surface area contributed by atoms with Crippen LogP contribution < -0.4 is 5.43 Å². The minimum Gasteiger partial charge on any atom is -0.306 e. The maximum absolute atomic E-state index is 4.13. The minimum absolute atomic E-state index is 0.739. The molecule has 1 N–H and O–H groups in total. The van der Waals surface area contributed by atoms with E-state index in [2.05, 4.69) is 27.6 Å². The molecule has 3 heteroatoms. The van der Waals surface area contributed by atoms with E-state index in [1.54, 1.807) is 18.6 Å². The van der Waals surface area contributed by atoms with E-state index in [-0.39, 0.29) is 0 Å². The van der Waals surface area contributed by atoms with Crippen molar-refractivity contribution < 1.29 is 0 Å². The molecule has 0 aliphatic heterocycles. The summed E-state index contributed by atoms with van der Waals surface area (Å²) >= 11 is 0. The van der Waals surface area contributed by atoms with E-state index < -0.39 is 0 Å². The molecule has 2 rings (SSSR count). The van der Waals surface area contributed by atoms with Gasteiger partial charge in [-0.1, -0.05) is 30.3 Å². The van der Waals surface area contributed by atoms with E-state index >= 15 is 0 Å². The Morgan fingerprint density at radius 1 is 1.06 bits per heavy atom. The van der Waals surface area contributed by atoms with Crippen LogP contribution >= 0.6 is 0 Å². The molecule has 3 nitrogen and oxygen atoms in total. The molecule has 0 saturated heterocycles. The standard InChI is InChI=1S/C13H13N3/c1-2-4-12(5-3-1)10-15-16-11-13-6-8-14-9-7-13/h1-9,11,15H,10H2. The van der Waals surface area contributed by atoms with Crippen LogP contribution in [0.5, 0.6) is 0 Å². The summed E-state index contributed by atoms with van der Waals surface area (Å²) in [4.78, 5) is 3.94. The number of hydrazone groups is 1. The van der Waals surface area contributed by atoms with Crippen LogP contribution in [-0.2, 0) is 6.54 Å². The Bertz CT molecular complexity index is 437. The molecule has 80 valence electrons. The minimum atomic E-state index is 0.739. The number of benzene rings is 1. The van der Waals surface area contributed by atoms with Crippen molar-refractivity contribution in [1.29, 1.82) is 0 Å². The molecule has 1 aromatic carbocycles. The second kappa shape index (κ2) is 5.66. The number of rotatable bonds is 4. The van der Waals surface area contributed by atoms with Gasteiger partial charge in [-0.2, -0.15) is 5.10 Å². The lowest BCUT2D eigenvalue weighted by atomic mass is 10.2. The summed E-state index contributed by atoms with van der Waals surface area (Å²) < 4.78 is 0. The zero-order valence-corrected chi connectivity index (χ0v) is 8.88. The van der Waals surface area contributed by atoms with Crippen LogP contribution in [0.2, 0.25) is 0 Å². The smallest absolute Gasteiger partial charge is 0.0580 e. The number of hydrogen-bond donors (Lipinski definition) is 1. The van der Waals surface area contributed by atoms with Gasteiger partial charge in [-0.15, -0.1) is 0 Å². The summed E-state index contributed by atoms with van der Waals surface area (Å²) in [5.74, 6) is 0. The molecule has 16 heavy (non-hydrogen) atoms. The van der Waals surface area contributed by atoms with Crippen LogP contribution in [0.3, 0.4) is 0 Å². The van der Waals surface area contributed by atoms with Gasteiger partial charge in [-0.05, 0) is 23.3 Å². The highest BCUT2D eigenvalue weighted by atomic mass is 15.3. The summed E-state index contributed by atoms with van der Waals surface area (Å²) in [6.45, 7) is 0.739. The Morgan fingerprint density at radius 3 is 2.56 bits per heavy atom. The van der Waals surface area contributed by atoms with Crippen molar-refractivity contribution in [1.82, 2.24) is 10.4 Å². The van der Waals surface area contributed by atoms with E-state index in [1.165, 1.54) is 5.56 Å². The van der Waals surface area contributed by atoms with Crippen molar-refractivity contribution in [2.75, 3.05) is 0 Å². The molecule has 0 aliphatic carbocycles. The molecule has 0 spiro atoms. The van der Waals surface area contributed by atoms with Crippen molar-refractivity contribution in [3.05, 3.63) is 66.0 Å². The molecule has 0 saturated carbocycles. The fourth-order valence-electron chi connectivity index (χ4n) is 1.30. The molecule has 0 amide bonds. The normalized spacial score (nSPS) is 10.5. The molecule has 1 aromatic heterocycles. The van der Waals surface area contributed by atoms with Gasteiger partial charge in [0.15, 0.2) is 0 Å². The van der Waals surface area contributed by atoms with E-state index in [0.29, 0.717) is 0 Å². The Hall–Kier alpha value is -2.16. The Labute approximate surface area is 94.9 Å². The summed E-state index contributed by atoms with van der Waals surface area (Å²) in [7, 11) is 0. The van der Waals surface area contributed by atoms with E-state index in [0.717, 1.165) is 12.1 Å². The lowest BCUT2D eigenvalue weighted by Gasteiger charge is -1.99. The van der Waals surface area contributed by atoms with Crippen LogP contribution in [0.4, 0.5) is 0 Å². The second-order valence-electron chi connectivity index (χ2n) is 3.36. The molecule has 0 fully saturated rings. The fraction of sp³-hybridized carbons (Fsp3) is 0.0769. The molecule has 0 radical (unpaired) electrons. The predicted molar refractivity (Wildman–Crippen MR) is 65.1 cm³/mol. The first kappa shape index (κ1) is 10.4. The Balaban J connectivity index is 1.83. The molecule has 0 atom stereocenters. The number of nitrogens with zero attached hydrogens (tertiary/aromatic N) is 2. The topological polar surface area (TPSA) is 37.3 Å². The third-order valence-corrected chi connectivity index (χ3v) is 2.14. The van der Waals surface area contributed by atoms with E-state index in [1.807, 2.05) is 30.3 Å². The molecule has 1 heterocycles. The second-order valence-corrected chi connectivity index (χ2v) is 3.36. The van der Waals surface area contributed by atoms with Crippen molar-refractivity contribution in [2.24, 2.45) is 5.10 Å². The molecule has 0 bridgehead atoms. The molecule has 0 unspecified atom stereocenters. The van der Waals surface area contributed by atoms with Crippen molar-refractivity contribution in [2.45, 2.75) is 6.54 Å². The lowest BCUT2D eigenvalue weighted by Crippen LogP contribution is -2.05. The van der Waals surface area contributed by atoms with Gasteiger partial charge >= 0.3 is 0 Å². The largest absolute Gasteiger partial charge is 0.306 e. The number of hydrogen-bond acceptors (Lipinski definition) is 3.